The van der Waals surface area contributed by atoms with E-state index in [1.807, 2.05) is 13.8 Å². The minimum atomic E-state index is -0.266. The van der Waals surface area contributed by atoms with Crippen molar-refractivity contribution >= 4 is 5.84 Å². The van der Waals surface area contributed by atoms with Gasteiger partial charge < -0.3 is 15.6 Å². The van der Waals surface area contributed by atoms with Crippen LogP contribution in [-0.4, -0.2) is 54.8 Å². The van der Waals surface area contributed by atoms with E-state index in [0.717, 1.165) is 26.1 Å². The SMILES string of the molecule is CC(C)(CCN1CCOCC1CO)C(=N)N. The van der Waals surface area contributed by atoms with Gasteiger partial charge >= 0.3 is 0 Å². The van der Waals surface area contributed by atoms with E-state index in [-0.39, 0.29) is 23.9 Å². The van der Waals surface area contributed by atoms with Crippen LogP contribution < -0.4 is 5.73 Å². The number of nitrogens with two attached hydrogens (primary N) is 1. The van der Waals surface area contributed by atoms with E-state index in [4.69, 9.17) is 15.9 Å². The highest BCUT2D eigenvalue weighted by molar-refractivity contribution is 5.82. The lowest BCUT2D eigenvalue weighted by atomic mass is 9.87. The topological polar surface area (TPSA) is 82.6 Å². The largest absolute Gasteiger partial charge is 0.395 e. The smallest absolute Gasteiger partial charge is 0.0963 e. The third kappa shape index (κ3) is 3.43. The van der Waals surface area contributed by atoms with Crippen molar-refractivity contribution in [1.29, 1.82) is 5.41 Å². The van der Waals surface area contributed by atoms with Gasteiger partial charge in [0.15, 0.2) is 0 Å². The summed E-state index contributed by atoms with van der Waals surface area (Å²) in [5.74, 6) is 0.223. The molecule has 5 nitrogen and oxygen atoms in total. The number of nitrogens with one attached hydrogen (secondary N) is 1. The summed E-state index contributed by atoms with van der Waals surface area (Å²) in [5.41, 5.74) is 5.28. The molecule has 1 heterocycles. The van der Waals surface area contributed by atoms with Crippen LogP contribution >= 0.6 is 0 Å². The average molecular weight is 229 g/mol. The molecule has 16 heavy (non-hydrogen) atoms. The van der Waals surface area contributed by atoms with Gasteiger partial charge in [0.05, 0.1) is 31.7 Å². The number of nitrogens with zero attached hydrogens (tertiary/aromatic N) is 1. The summed E-state index contributed by atoms with van der Waals surface area (Å²) in [6.45, 7) is 7.09. The first-order chi connectivity index (χ1) is 7.47. The average Bonchev–Trinajstić information content (AvgIpc) is 2.26. The fourth-order valence-corrected chi connectivity index (χ4v) is 1.71. The Morgan fingerprint density at radius 1 is 1.62 bits per heavy atom. The van der Waals surface area contributed by atoms with Crippen molar-refractivity contribution in [1.82, 2.24) is 4.90 Å². The van der Waals surface area contributed by atoms with Gasteiger partial charge in [-0.2, -0.15) is 0 Å². The number of ether oxygens (including phenoxy) is 1. The molecule has 1 rings (SSSR count). The summed E-state index contributed by atoms with van der Waals surface area (Å²) < 4.78 is 5.31. The van der Waals surface area contributed by atoms with Crippen LogP contribution in [0.15, 0.2) is 0 Å². The summed E-state index contributed by atoms with van der Waals surface area (Å²) in [6, 6.07) is 0.0940. The Bertz CT molecular complexity index is 243. The Morgan fingerprint density at radius 2 is 2.31 bits per heavy atom. The second kappa shape index (κ2) is 5.61. The van der Waals surface area contributed by atoms with E-state index < -0.39 is 0 Å². The van der Waals surface area contributed by atoms with Crippen LogP contribution in [0.4, 0.5) is 0 Å². The predicted octanol–water partition coefficient (Wildman–Crippen LogP) is 0.0318. The second-order valence-electron chi connectivity index (χ2n) is 4.99. The Kier molecular flexibility index (Phi) is 4.70. The Hall–Kier alpha value is -0.650. The van der Waals surface area contributed by atoms with Gasteiger partial charge in [-0.1, -0.05) is 13.8 Å². The zero-order chi connectivity index (χ0) is 12.2. The normalized spacial score (nSPS) is 23.3. The van der Waals surface area contributed by atoms with E-state index in [9.17, 15) is 5.11 Å². The number of hydrogen-bond acceptors (Lipinski definition) is 4. The lowest BCUT2D eigenvalue weighted by molar-refractivity contribution is -0.0297. The first-order valence-corrected chi connectivity index (χ1v) is 5.74. The van der Waals surface area contributed by atoms with Crippen LogP contribution in [0.2, 0.25) is 0 Å². The molecule has 1 aliphatic heterocycles. The van der Waals surface area contributed by atoms with Crippen LogP contribution in [0.3, 0.4) is 0 Å². The van der Waals surface area contributed by atoms with Gasteiger partial charge in [0.1, 0.15) is 0 Å². The molecule has 1 aliphatic rings. The minimum Gasteiger partial charge on any atom is -0.395 e. The number of aliphatic hydroxyl groups excluding tert-OH is 1. The molecule has 5 heteroatoms. The van der Waals surface area contributed by atoms with Gasteiger partial charge in [0, 0.05) is 12.0 Å². The summed E-state index contributed by atoms with van der Waals surface area (Å²) in [4.78, 5) is 2.22. The standard InChI is InChI=1S/C11H23N3O2/c1-11(2,10(12)13)3-4-14-5-6-16-8-9(14)7-15/h9,15H,3-8H2,1-2H3,(H3,12,13). The molecule has 1 saturated heterocycles. The maximum atomic E-state index is 9.21. The third-order valence-corrected chi connectivity index (χ3v) is 3.31. The third-order valence-electron chi connectivity index (χ3n) is 3.31. The molecule has 0 amide bonds. The maximum Gasteiger partial charge on any atom is 0.0963 e. The highest BCUT2D eigenvalue weighted by Crippen LogP contribution is 2.21. The van der Waals surface area contributed by atoms with Gasteiger partial charge in [-0.15, -0.1) is 0 Å². The van der Waals surface area contributed by atoms with Gasteiger partial charge in [0.2, 0.25) is 0 Å². The molecule has 94 valence electrons. The number of aliphatic hydroxyl groups is 1. The van der Waals surface area contributed by atoms with E-state index in [1.165, 1.54) is 0 Å². The summed E-state index contributed by atoms with van der Waals surface area (Å²) in [7, 11) is 0. The summed E-state index contributed by atoms with van der Waals surface area (Å²) >= 11 is 0. The molecular weight excluding hydrogens is 206 g/mol. The molecule has 0 saturated carbocycles. The van der Waals surface area contributed by atoms with Gasteiger partial charge in [-0.05, 0) is 13.0 Å². The zero-order valence-electron chi connectivity index (χ0n) is 10.2. The van der Waals surface area contributed by atoms with Gasteiger partial charge in [0.25, 0.3) is 0 Å². The predicted molar refractivity (Wildman–Crippen MR) is 63.6 cm³/mol. The minimum absolute atomic E-state index is 0.0940. The van der Waals surface area contributed by atoms with Crippen LogP contribution in [0.5, 0.6) is 0 Å². The van der Waals surface area contributed by atoms with Crippen molar-refractivity contribution in [3.63, 3.8) is 0 Å². The molecule has 1 atom stereocenters. The van der Waals surface area contributed by atoms with Crippen LogP contribution in [0.1, 0.15) is 20.3 Å². The Balaban J connectivity index is 2.43. The van der Waals surface area contributed by atoms with Gasteiger partial charge in [-0.25, -0.2) is 0 Å². The molecule has 0 aromatic carbocycles. The number of hydrogen-bond donors (Lipinski definition) is 3. The molecule has 0 bridgehead atoms. The molecular formula is C11H23N3O2. The zero-order valence-corrected chi connectivity index (χ0v) is 10.2. The van der Waals surface area contributed by atoms with Gasteiger partial charge in [-0.3, -0.25) is 10.3 Å². The van der Waals surface area contributed by atoms with Crippen molar-refractivity contribution in [2.75, 3.05) is 32.9 Å². The summed E-state index contributed by atoms with van der Waals surface area (Å²) in [5, 5.41) is 16.7. The molecule has 1 unspecified atom stereocenters. The first-order valence-electron chi connectivity index (χ1n) is 5.74. The lowest BCUT2D eigenvalue weighted by Crippen LogP contribution is -2.49. The lowest BCUT2D eigenvalue weighted by Gasteiger charge is -2.36. The highest BCUT2D eigenvalue weighted by atomic mass is 16.5. The van der Waals surface area contributed by atoms with Crippen molar-refractivity contribution < 1.29 is 9.84 Å². The molecule has 1 fully saturated rings. The fraction of sp³-hybridized carbons (Fsp3) is 0.909. The molecule has 0 spiro atoms. The van der Waals surface area contributed by atoms with E-state index in [1.54, 1.807) is 0 Å². The highest BCUT2D eigenvalue weighted by Gasteiger charge is 2.26. The fourth-order valence-electron chi connectivity index (χ4n) is 1.71. The molecule has 0 aromatic rings. The first kappa shape index (κ1) is 13.4. The van der Waals surface area contributed by atoms with Crippen molar-refractivity contribution in [2.45, 2.75) is 26.3 Å². The number of amidine groups is 1. The summed E-state index contributed by atoms with van der Waals surface area (Å²) in [6.07, 6.45) is 0.832. The monoisotopic (exact) mass is 229 g/mol. The van der Waals surface area contributed by atoms with E-state index >= 15 is 0 Å². The van der Waals surface area contributed by atoms with E-state index in [2.05, 4.69) is 4.90 Å². The molecule has 0 radical (unpaired) electrons. The van der Waals surface area contributed by atoms with Crippen LogP contribution in [0.25, 0.3) is 0 Å². The number of morpholine rings is 1. The van der Waals surface area contributed by atoms with Crippen molar-refractivity contribution in [3.8, 4) is 0 Å². The molecule has 0 aliphatic carbocycles. The van der Waals surface area contributed by atoms with Crippen molar-refractivity contribution in [2.24, 2.45) is 11.1 Å². The van der Waals surface area contributed by atoms with Crippen LogP contribution in [0, 0.1) is 10.8 Å². The van der Waals surface area contributed by atoms with Crippen LogP contribution in [-0.2, 0) is 4.74 Å². The quantitative estimate of drug-likeness (QED) is 0.459. The van der Waals surface area contributed by atoms with Crippen molar-refractivity contribution in [3.05, 3.63) is 0 Å². The maximum absolute atomic E-state index is 9.21. The Labute approximate surface area is 97.1 Å². The molecule has 4 N–H and O–H groups in total. The van der Waals surface area contributed by atoms with E-state index in [0.29, 0.717) is 6.61 Å². The Morgan fingerprint density at radius 3 is 2.88 bits per heavy atom. The molecule has 0 aromatic heterocycles. The second-order valence-corrected chi connectivity index (χ2v) is 4.99. The number of rotatable bonds is 5.